The fraction of sp³-hybridized carbons (Fsp3) is 0.387. The number of amides is 3. The minimum Gasteiger partial charge on any atom is -0.494 e. The van der Waals surface area contributed by atoms with Gasteiger partial charge < -0.3 is 14.8 Å². The Morgan fingerprint density at radius 1 is 1.05 bits per heavy atom. The molecule has 40 heavy (non-hydrogen) atoms. The SMILES string of the molecule is COC1(C)C=C(OC(C)C)C2(C)C3=N[C@@H](c4ccc(C)cc4)[C@@H](c4ccc(Cl)cc4)N3C(=O)N3CC(=O)NC1=C32. The number of nitrogens with one attached hydrogen (secondary N) is 1. The zero-order valence-corrected chi connectivity index (χ0v) is 24.2. The van der Waals surface area contributed by atoms with Crippen LogP contribution in [0.25, 0.3) is 0 Å². The fourth-order valence-corrected chi connectivity index (χ4v) is 6.39. The van der Waals surface area contributed by atoms with Gasteiger partial charge in [-0.2, -0.15) is 0 Å². The molecule has 2 unspecified atom stereocenters. The van der Waals surface area contributed by atoms with Crippen molar-refractivity contribution in [1.82, 2.24) is 15.1 Å². The Labute approximate surface area is 239 Å². The summed E-state index contributed by atoms with van der Waals surface area (Å²) in [7, 11) is 1.58. The average Bonchev–Trinajstić information content (AvgIpc) is 3.32. The van der Waals surface area contributed by atoms with E-state index in [0.29, 0.717) is 28.0 Å². The Balaban J connectivity index is 1.63. The van der Waals surface area contributed by atoms with Gasteiger partial charge in [0.1, 0.15) is 35.2 Å². The summed E-state index contributed by atoms with van der Waals surface area (Å²) in [4.78, 5) is 36.2. The summed E-state index contributed by atoms with van der Waals surface area (Å²) in [6.07, 6.45) is 1.76. The number of methoxy groups -OCH3 is 1. The number of ether oxygens (including phenoxy) is 2. The van der Waals surface area contributed by atoms with Gasteiger partial charge in [-0.15, -0.1) is 0 Å². The van der Waals surface area contributed by atoms with E-state index < -0.39 is 17.1 Å². The Hall–Kier alpha value is -3.62. The maximum atomic E-state index is 14.5. The smallest absolute Gasteiger partial charge is 0.330 e. The first-order valence-corrected chi connectivity index (χ1v) is 13.9. The topological polar surface area (TPSA) is 83.5 Å². The third-order valence-corrected chi connectivity index (χ3v) is 8.56. The molecule has 9 heteroatoms. The molecule has 2 aromatic rings. The van der Waals surface area contributed by atoms with Crippen molar-refractivity contribution < 1.29 is 19.1 Å². The first-order valence-electron chi connectivity index (χ1n) is 13.5. The molecule has 0 saturated carbocycles. The Morgan fingerprint density at radius 2 is 1.70 bits per heavy atom. The third-order valence-electron chi connectivity index (χ3n) is 8.31. The molecule has 1 N–H and O–H groups in total. The maximum absolute atomic E-state index is 14.5. The number of nitrogens with zero attached hydrogens (tertiary/aromatic N) is 3. The molecule has 2 aromatic carbocycles. The first-order chi connectivity index (χ1) is 19.0. The van der Waals surface area contributed by atoms with Gasteiger partial charge in [0.15, 0.2) is 0 Å². The lowest BCUT2D eigenvalue weighted by molar-refractivity contribution is -0.123. The zero-order chi connectivity index (χ0) is 28.6. The molecule has 0 radical (unpaired) electrons. The zero-order valence-electron chi connectivity index (χ0n) is 23.5. The van der Waals surface area contributed by atoms with Crippen LogP contribution in [0, 0.1) is 12.3 Å². The van der Waals surface area contributed by atoms with E-state index in [-0.39, 0.29) is 30.6 Å². The minimum absolute atomic E-state index is 0.117. The van der Waals surface area contributed by atoms with Gasteiger partial charge in [0, 0.05) is 12.1 Å². The molecule has 0 spiro atoms. The summed E-state index contributed by atoms with van der Waals surface area (Å²) >= 11 is 6.26. The molecule has 4 atom stereocenters. The van der Waals surface area contributed by atoms with Crippen molar-refractivity contribution in [2.75, 3.05) is 13.7 Å². The molecule has 0 bridgehead atoms. The molecule has 3 amide bonds. The summed E-state index contributed by atoms with van der Waals surface area (Å²) < 4.78 is 12.4. The average molecular weight is 561 g/mol. The molecular formula is C31H33ClN4O4. The first kappa shape index (κ1) is 26.6. The molecule has 1 aliphatic carbocycles. The number of carbonyl (C=O) groups excluding carboxylic acids is 2. The van der Waals surface area contributed by atoms with Crippen LogP contribution in [0.2, 0.25) is 5.02 Å². The van der Waals surface area contributed by atoms with Crippen LogP contribution in [-0.2, 0) is 14.3 Å². The largest absolute Gasteiger partial charge is 0.494 e. The number of benzene rings is 2. The number of carbonyl (C=O) groups is 2. The van der Waals surface area contributed by atoms with Gasteiger partial charge in [0.05, 0.1) is 23.5 Å². The summed E-state index contributed by atoms with van der Waals surface area (Å²) in [5.41, 5.74) is 2.20. The van der Waals surface area contributed by atoms with E-state index in [0.717, 1.165) is 16.7 Å². The highest BCUT2D eigenvalue weighted by molar-refractivity contribution is 6.30. The number of hydrogen-bond donors (Lipinski definition) is 1. The van der Waals surface area contributed by atoms with Crippen LogP contribution in [-0.4, -0.2) is 52.9 Å². The number of amidine groups is 1. The number of urea groups is 1. The predicted octanol–water partition coefficient (Wildman–Crippen LogP) is 5.66. The van der Waals surface area contributed by atoms with Gasteiger partial charge in [-0.3, -0.25) is 19.6 Å². The highest BCUT2D eigenvalue weighted by Crippen LogP contribution is 2.57. The Bertz CT molecular complexity index is 1500. The van der Waals surface area contributed by atoms with E-state index in [1.54, 1.807) is 16.9 Å². The molecule has 6 rings (SSSR count). The van der Waals surface area contributed by atoms with Crippen LogP contribution in [0.4, 0.5) is 4.79 Å². The van der Waals surface area contributed by atoms with Crippen molar-refractivity contribution in [3.63, 3.8) is 0 Å². The molecule has 8 nitrogen and oxygen atoms in total. The summed E-state index contributed by atoms with van der Waals surface area (Å²) in [6.45, 7) is 9.74. The normalized spacial score (nSPS) is 29.2. The molecule has 4 aliphatic rings. The minimum atomic E-state index is -1.01. The lowest BCUT2D eigenvalue weighted by Gasteiger charge is -2.54. The van der Waals surface area contributed by atoms with Crippen LogP contribution in [0.1, 0.15) is 56.5 Å². The molecule has 0 aromatic heterocycles. The van der Waals surface area contributed by atoms with Gasteiger partial charge in [0.25, 0.3) is 0 Å². The molecule has 1 fully saturated rings. The van der Waals surface area contributed by atoms with Crippen molar-refractivity contribution in [3.8, 4) is 0 Å². The van der Waals surface area contributed by atoms with Gasteiger partial charge in [-0.1, -0.05) is 53.6 Å². The number of fused-ring (bicyclic) bond motifs is 2. The van der Waals surface area contributed by atoms with Gasteiger partial charge >= 0.3 is 6.03 Å². The van der Waals surface area contributed by atoms with Crippen LogP contribution >= 0.6 is 11.6 Å². The van der Waals surface area contributed by atoms with Crippen molar-refractivity contribution >= 4 is 29.4 Å². The lowest BCUT2D eigenvalue weighted by atomic mass is 9.71. The monoisotopic (exact) mass is 560 g/mol. The van der Waals surface area contributed by atoms with Crippen molar-refractivity contribution in [3.05, 3.63) is 93.5 Å². The second-order valence-electron chi connectivity index (χ2n) is 11.4. The molecular weight excluding hydrogens is 528 g/mol. The van der Waals surface area contributed by atoms with E-state index in [4.69, 9.17) is 26.1 Å². The van der Waals surface area contributed by atoms with E-state index in [1.807, 2.05) is 65.0 Å². The maximum Gasteiger partial charge on any atom is 0.330 e. The van der Waals surface area contributed by atoms with Crippen molar-refractivity contribution in [2.45, 2.75) is 58.4 Å². The number of aryl methyl sites for hydroxylation is 1. The van der Waals surface area contributed by atoms with Gasteiger partial charge in [0.2, 0.25) is 5.91 Å². The summed E-state index contributed by atoms with van der Waals surface area (Å²) in [5, 5.41) is 3.63. The van der Waals surface area contributed by atoms with Crippen LogP contribution in [0.5, 0.6) is 0 Å². The number of rotatable bonds is 5. The highest BCUT2D eigenvalue weighted by atomic mass is 35.5. The quantitative estimate of drug-likeness (QED) is 0.512. The summed E-state index contributed by atoms with van der Waals surface area (Å²) in [6, 6.07) is 14.6. The van der Waals surface area contributed by atoms with E-state index >= 15 is 0 Å². The van der Waals surface area contributed by atoms with Crippen LogP contribution in [0.15, 0.2) is 76.8 Å². The second-order valence-corrected chi connectivity index (χ2v) is 11.9. The summed E-state index contributed by atoms with van der Waals surface area (Å²) in [5.74, 6) is 0.924. The Morgan fingerprint density at radius 3 is 2.33 bits per heavy atom. The molecule has 1 saturated heterocycles. The van der Waals surface area contributed by atoms with Crippen LogP contribution < -0.4 is 5.32 Å². The van der Waals surface area contributed by atoms with Crippen LogP contribution in [0.3, 0.4) is 0 Å². The third kappa shape index (κ3) is 3.80. The van der Waals surface area contributed by atoms with Gasteiger partial charge in [-0.05, 0) is 64.0 Å². The standard InChI is InChI=1S/C31H33ClN4O4/c1-17(2)40-22-15-30(4,39-6)26-27-31(22,5)28-34-24(19-9-7-18(3)8-10-19)25(20-11-13-21(32)14-12-20)36(28)29(38)35(27)16-23(37)33-26/h7-15,17,24-25H,16H2,1-6H3,(H,33,37)/t24-,25+,30?,31?/m0/s1. The van der Waals surface area contributed by atoms with Crippen molar-refractivity contribution in [2.24, 2.45) is 10.4 Å². The number of aliphatic imine (C=N–C) groups is 1. The number of hydrogen-bond acceptors (Lipinski definition) is 5. The fourth-order valence-electron chi connectivity index (χ4n) is 6.26. The predicted molar refractivity (Wildman–Crippen MR) is 152 cm³/mol. The van der Waals surface area contributed by atoms with E-state index in [9.17, 15) is 9.59 Å². The highest BCUT2D eigenvalue weighted by Gasteiger charge is 2.63. The van der Waals surface area contributed by atoms with E-state index in [1.165, 1.54) is 0 Å². The Kier molecular flexibility index (Phi) is 6.12. The van der Waals surface area contributed by atoms with E-state index in [2.05, 4.69) is 29.6 Å². The molecule has 208 valence electrons. The molecule has 3 heterocycles. The number of halogens is 1. The van der Waals surface area contributed by atoms with Gasteiger partial charge in [-0.25, -0.2) is 4.79 Å². The lowest BCUT2D eigenvalue weighted by Crippen LogP contribution is -2.66. The van der Waals surface area contributed by atoms with Crippen molar-refractivity contribution in [1.29, 1.82) is 0 Å². The second kappa shape index (κ2) is 9.21. The molecule has 3 aliphatic heterocycles.